The van der Waals surface area contributed by atoms with Crippen LogP contribution in [0.2, 0.25) is 5.28 Å². The minimum Gasteiger partial charge on any atom is -0.494 e. The summed E-state index contributed by atoms with van der Waals surface area (Å²) in [5, 5.41) is 1.58. The number of carbonyl (C=O) groups excluding carboxylic acids is 1. The summed E-state index contributed by atoms with van der Waals surface area (Å²) in [7, 11) is 0. The third kappa shape index (κ3) is 4.77. The van der Waals surface area contributed by atoms with Gasteiger partial charge in [0.2, 0.25) is 11.1 Å². The highest BCUT2D eigenvalue weighted by molar-refractivity contribution is 8.27. The summed E-state index contributed by atoms with van der Waals surface area (Å²) in [6, 6.07) is 18.3. The van der Waals surface area contributed by atoms with Crippen LogP contribution >= 0.6 is 35.6 Å². The quantitative estimate of drug-likeness (QED) is 0.149. The number of rotatable bonds is 6. The monoisotopic (exact) mass is 537 g/mol. The van der Waals surface area contributed by atoms with E-state index in [1.165, 1.54) is 16.7 Å². The minimum atomic E-state index is -0.764. The maximum absolute atomic E-state index is 14.3. The number of thioether (sulfide) groups is 1. The van der Waals surface area contributed by atoms with Crippen molar-refractivity contribution in [1.29, 1.82) is 0 Å². The summed E-state index contributed by atoms with van der Waals surface area (Å²) in [6.07, 6.45) is 2.64. The Morgan fingerprint density at radius 2 is 1.92 bits per heavy atom. The van der Waals surface area contributed by atoms with E-state index in [1.807, 2.05) is 37.3 Å². The molecule has 180 valence electrons. The van der Waals surface area contributed by atoms with Crippen LogP contribution in [0.15, 0.2) is 71.8 Å². The van der Waals surface area contributed by atoms with Crippen LogP contribution in [0.4, 0.5) is 10.1 Å². The molecule has 1 fully saturated rings. The van der Waals surface area contributed by atoms with Gasteiger partial charge < -0.3 is 9.47 Å². The van der Waals surface area contributed by atoms with Crippen LogP contribution in [-0.4, -0.2) is 26.8 Å². The molecule has 1 aliphatic rings. The van der Waals surface area contributed by atoms with E-state index in [0.717, 1.165) is 17.0 Å². The summed E-state index contributed by atoms with van der Waals surface area (Å²) in [4.78, 5) is 22.7. The van der Waals surface area contributed by atoms with Crippen LogP contribution in [0.1, 0.15) is 12.5 Å². The minimum absolute atomic E-state index is 0.148. The SMILES string of the molecule is CCOc1ccc(N2C(=O)/C(=C\c3c(Oc4nc(Cl)ncc4F)ccc4ccccc34)SC2=S)cc1. The molecule has 6 nitrogen and oxygen atoms in total. The first kappa shape index (κ1) is 24.2. The predicted molar refractivity (Wildman–Crippen MR) is 144 cm³/mol. The molecule has 1 aliphatic heterocycles. The second-order valence-corrected chi connectivity index (χ2v) is 9.55. The zero-order chi connectivity index (χ0) is 25.2. The number of amides is 1. The van der Waals surface area contributed by atoms with Gasteiger partial charge in [-0.3, -0.25) is 9.69 Å². The first-order valence-electron chi connectivity index (χ1n) is 10.8. The Labute approximate surface area is 220 Å². The van der Waals surface area contributed by atoms with E-state index < -0.39 is 5.82 Å². The first-order chi connectivity index (χ1) is 17.4. The van der Waals surface area contributed by atoms with Gasteiger partial charge in [0, 0.05) is 5.56 Å². The van der Waals surface area contributed by atoms with E-state index in [4.69, 9.17) is 33.3 Å². The maximum atomic E-state index is 14.3. The lowest BCUT2D eigenvalue weighted by atomic mass is 10.0. The summed E-state index contributed by atoms with van der Waals surface area (Å²) in [5.74, 6) is -0.350. The van der Waals surface area contributed by atoms with Gasteiger partial charge in [0.1, 0.15) is 11.5 Å². The van der Waals surface area contributed by atoms with Crippen molar-refractivity contribution in [3.8, 4) is 17.4 Å². The Bertz CT molecular complexity index is 1530. The fourth-order valence-corrected chi connectivity index (χ4v) is 5.11. The summed E-state index contributed by atoms with van der Waals surface area (Å²) < 4.78 is 26.0. The third-order valence-corrected chi connectivity index (χ3v) is 6.78. The average molecular weight is 538 g/mol. The number of aromatic nitrogens is 2. The highest BCUT2D eigenvalue weighted by Gasteiger charge is 2.33. The highest BCUT2D eigenvalue weighted by Crippen LogP contribution is 2.40. The van der Waals surface area contributed by atoms with E-state index in [2.05, 4.69) is 9.97 Å². The molecule has 36 heavy (non-hydrogen) atoms. The summed E-state index contributed by atoms with van der Waals surface area (Å²) in [6.45, 7) is 2.45. The normalized spacial score (nSPS) is 14.6. The number of nitrogens with zero attached hydrogens (tertiary/aromatic N) is 3. The molecule has 1 aromatic heterocycles. The van der Waals surface area contributed by atoms with Crippen LogP contribution in [0.3, 0.4) is 0 Å². The Morgan fingerprint density at radius 1 is 1.14 bits per heavy atom. The van der Waals surface area contributed by atoms with Crippen LogP contribution in [0.5, 0.6) is 17.4 Å². The zero-order valence-corrected chi connectivity index (χ0v) is 21.2. The topological polar surface area (TPSA) is 64.5 Å². The Hall–Kier alpha value is -3.53. The molecule has 0 spiro atoms. The number of fused-ring (bicyclic) bond motifs is 1. The van der Waals surface area contributed by atoms with Crippen molar-refractivity contribution in [1.82, 2.24) is 9.97 Å². The Morgan fingerprint density at radius 3 is 2.69 bits per heavy atom. The molecule has 4 aromatic rings. The molecule has 0 aliphatic carbocycles. The molecular formula is C26H17ClFN3O3S2. The molecule has 0 saturated carbocycles. The third-order valence-electron chi connectivity index (χ3n) is 5.29. The van der Waals surface area contributed by atoms with E-state index in [-0.39, 0.29) is 17.1 Å². The number of benzene rings is 3. The van der Waals surface area contributed by atoms with Crippen molar-refractivity contribution in [2.75, 3.05) is 11.5 Å². The van der Waals surface area contributed by atoms with Gasteiger partial charge >= 0.3 is 0 Å². The van der Waals surface area contributed by atoms with Gasteiger partial charge in [0.05, 0.1) is 23.4 Å². The van der Waals surface area contributed by atoms with E-state index in [1.54, 1.807) is 36.4 Å². The standard InChI is InChI=1S/C26H17ClFN3O3S2/c1-2-33-17-10-8-16(9-11-17)31-24(32)22(36-26(31)35)13-19-18-6-4-3-5-15(18)7-12-21(19)34-23-20(28)14-29-25(27)30-23/h3-14H,2H2,1H3/b22-13+. The summed E-state index contributed by atoms with van der Waals surface area (Å²) >= 11 is 12.5. The molecule has 3 aromatic carbocycles. The van der Waals surface area contributed by atoms with Crippen LogP contribution in [0, 0.1) is 5.82 Å². The molecule has 1 saturated heterocycles. The van der Waals surface area contributed by atoms with Gasteiger partial charge in [0.25, 0.3) is 11.8 Å². The van der Waals surface area contributed by atoms with Gasteiger partial charge in [-0.1, -0.05) is 54.3 Å². The molecule has 0 radical (unpaired) electrons. The second kappa shape index (κ2) is 10.2. The van der Waals surface area contributed by atoms with Gasteiger partial charge in [-0.05, 0) is 65.7 Å². The fourth-order valence-electron chi connectivity index (χ4n) is 3.70. The van der Waals surface area contributed by atoms with Crippen LogP contribution < -0.4 is 14.4 Å². The number of hydrogen-bond acceptors (Lipinski definition) is 7. The lowest BCUT2D eigenvalue weighted by molar-refractivity contribution is -0.113. The lowest BCUT2D eigenvalue weighted by Crippen LogP contribution is -2.27. The summed E-state index contributed by atoms with van der Waals surface area (Å²) in [5.41, 5.74) is 1.21. The Balaban J connectivity index is 1.56. The van der Waals surface area contributed by atoms with Gasteiger partial charge in [-0.25, -0.2) is 4.98 Å². The average Bonchev–Trinajstić information content (AvgIpc) is 3.16. The molecule has 0 bridgehead atoms. The van der Waals surface area contributed by atoms with Crippen molar-refractivity contribution in [3.05, 3.63) is 88.4 Å². The molecule has 10 heteroatoms. The van der Waals surface area contributed by atoms with Crippen molar-refractivity contribution in [3.63, 3.8) is 0 Å². The highest BCUT2D eigenvalue weighted by atomic mass is 35.5. The number of halogens is 2. The molecule has 5 rings (SSSR count). The van der Waals surface area contributed by atoms with E-state index in [9.17, 15) is 9.18 Å². The molecule has 0 N–H and O–H groups in total. The van der Waals surface area contributed by atoms with Gasteiger partial charge in [-0.15, -0.1) is 0 Å². The molecule has 0 unspecified atom stereocenters. The van der Waals surface area contributed by atoms with Crippen molar-refractivity contribution < 1.29 is 18.7 Å². The largest absolute Gasteiger partial charge is 0.494 e. The number of anilines is 1. The predicted octanol–water partition coefficient (Wildman–Crippen LogP) is 7.02. The van der Waals surface area contributed by atoms with Crippen molar-refractivity contribution >= 4 is 68.3 Å². The van der Waals surface area contributed by atoms with Crippen molar-refractivity contribution in [2.24, 2.45) is 0 Å². The molecule has 0 atom stereocenters. The smallest absolute Gasteiger partial charge is 0.270 e. The second-order valence-electron chi connectivity index (χ2n) is 7.54. The van der Waals surface area contributed by atoms with Gasteiger partial charge in [-0.2, -0.15) is 9.37 Å². The number of carbonyl (C=O) groups is 1. The molecule has 2 heterocycles. The number of thiocarbonyl (C=S) groups is 1. The van der Waals surface area contributed by atoms with Gasteiger partial charge in [0.15, 0.2) is 4.32 Å². The van der Waals surface area contributed by atoms with E-state index >= 15 is 0 Å². The number of ether oxygens (including phenoxy) is 2. The first-order valence-corrected chi connectivity index (χ1v) is 12.4. The number of hydrogen-bond donors (Lipinski definition) is 0. The van der Waals surface area contributed by atoms with Crippen molar-refractivity contribution in [2.45, 2.75) is 6.92 Å². The molecular weight excluding hydrogens is 521 g/mol. The molecule has 1 amide bonds. The van der Waals surface area contributed by atoms with Crippen LogP contribution in [-0.2, 0) is 4.79 Å². The van der Waals surface area contributed by atoms with Crippen LogP contribution in [0.25, 0.3) is 16.8 Å². The lowest BCUT2D eigenvalue weighted by Gasteiger charge is -2.15. The maximum Gasteiger partial charge on any atom is 0.270 e. The van der Waals surface area contributed by atoms with E-state index in [0.29, 0.717) is 38.6 Å². The zero-order valence-electron chi connectivity index (χ0n) is 18.8. The Kier molecular flexibility index (Phi) is 6.86. The fraction of sp³-hybridized carbons (Fsp3) is 0.0769.